The molecule has 1 aromatic carbocycles. The van der Waals surface area contributed by atoms with E-state index in [-0.39, 0.29) is 19.0 Å². The summed E-state index contributed by atoms with van der Waals surface area (Å²) in [5, 5.41) is 8.86. The Labute approximate surface area is 145 Å². The number of halogens is 4. The zero-order valence-corrected chi connectivity index (χ0v) is 13.3. The molecule has 1 unspecified atom stereocenters. The molecular formula is C16H14F4N4O2. The van der Waals surface area contributed by atoms with Crippen molar-refractivity contribution in [2.24, 2.45) is 0 Å². The second kappa shape index (κ2) is 7.24. The maximum atomic E-state index is 13.1. The van der Waals surface area contributed by atoms with Crippen LogP contribution in [0.25, 0.3) is 0 Å². The van der Waals surface area contributed by atoms with Crippen LogP contribution in [0.1, 0.15) is 17.3 Å². The number of nitrogens with zero attached hydrogens (tertiary/aromatic N) is 3. The lowest BCUT2D eigenvalue weighted by molar-refractivity contribution is -0.141. The Hall–Kier alpha value is -2.75. The highest BCUT2D eigenvalue weighted by Crippen LogP contribution is 2.28. The predicted molar refractivity (Wildman–Crippen MR) is 82.7 cm³/mol. The maximum absolute atomic E-state index is 13.1. The fraction of sp³-hybridized carbons (Fsp3) is 0.312. The fourth-order valence-corrected chi connectivity index (χ4v) is 2.54. The lowest BCUT2D eigenvalue weighted by atomic mass is 10.1. The van der Waals surface area contributed by atoms with Gasteiger partial charge >= 0.3 is 12.2 Å². The molecule has 2 heterocycles. The highest BCUT2D eigenvalue weighted by molar-refractivity contribution is 5.88. The number of benzene rings is 1. The average molecular weight is 370 g/mol. The third-order valence-electron chi connectivity index (χ3n) is 3.83. The number of hydrogen-bond donors (Lipinski definition) is 1. The van der Waals surface area contributed by atoms with Gasteiger partial charge in [-0.05, 0) is 29.8 Å². The molecule has 138 valence electrons. The molecule has 3 rings (SSSR count). The number of carbonyl (C=O) groups excluding carboxylic acids is 1. The smallest absolute Gasteiger partial charge is 0.377 e. The third-order valence-corrected chi connectivity index (χ3v) is 3.83. The number of urea groups is 1. The molecule has 2 aromatic rings. The summed E-state index contributed by atoms with van der Waals surface area (Å²) in [6.07, 6.45) is -4.60. The molecule has 1 aliphatic heterocycles. The Morgan fingerprint density at radius 2 is 1.88 bits per heavy atom. The van der Waals surface area contributed by atoms with Crippen LogP contribution in [0.2, 0.25) is 0 Å². The third kappa shape index (κ3) is 4.07. The van der Waals surface area contributed by atoms with Crippen LogP contribution in [0.4, 0.5) is 28.2 Å². The van der Waals surface area contributed by atoms with E-state index in [1.165, 1.54) is 17.0 Å². The molecule has 0 bridgehead atoms. The lowest BCUT2D eigenvalue weighted by Crippen LogP contribution is -2.45. The number of rotatable bonds is 2. The van der Waals surface area contributed by atoms with Gasteiger partial charge in [0.05, 0.1) is 19.3 Å². The molecule has 0 radical (unpaired) electrons. The molecular weight excluding hydrogens is 356 g/mol. The number of carbonyl (C=O) groups is 1. The van der Waals surface area contributed by atoms with Crippen LogP contribution in [-0.4, -0.2) is 40.9 Å². The maximum Gasteiger partial charge on any atom is 0.435 e. The fourth-order valence-electron chi connectivity index (χ4n) is 2.54. The highest BCUT2D eigenvalue weighted by atomic mass is 19.4. The van der Waals surface area contributed by atoms with Gasteiger partial charge in [-0.2, -0.15) is 13.2 Å². The quantitative estimate of drug-likeness (QED) is 0.825. The van der Waals surface area contributed by atoms with Gasteiger partial charge in [0.15, 0.2) is 11.5 Å². The number of morpholine rings is 1. The van der Waals surface area contributed by atoms with E-state index in [1.54, 1.807) is 12.1 Å². The zero-order chi connectivity index (χ0) is 18.7. The number of ether oxygens (including phenoxy) is 1. The summed E-state index contributed by atoms with van der Waals surface area (Å²) in [5.41, 5.74) is -0.467. The first kappa shape index (κ1) is 18.1. The van der Waals surface area contributed by atoms with Crippen molar-refractivity contribution in [2.75, 3.05) is 25.1 Å². The van der Waals surface area contributed by atoms with Gasteiger partial charge in [0.1, 0.15) is 5.82 Å². The van der Waals surface area contributed by atoms with Crippen molar-refractivity contribution in [3.63, 3.8) is 0 Å². The van der Waals surface area contributed by atoms with Crippen LogP contribution in [0, 0.1) is 5.82 Å². The van der Waals surface area contributed by atoms with E-state index in [0.29, 0.717) is 12.2 Å². The Balaban J connectivity index is 1.73. The molecule has 26 heavy (non-hydrogen) atoms. The van der Waals surface area contributed by atoms with Crippen molar-refractivity contribution in [3.05, 3.63) is 53.5 Å². The molecule has 0 saturated carbocycles. The number of alkyl halides is 3. The van der Waals surface area contributed by atoms with Gasteiger partial charge < -0.3 is 9.64 Å². The molecule has 1 N–H and O–H groups in total. The van der Waals surface area contributed by atoms with Crippen molar-refractivity contribution >= 4 is 11.8 Å². The number of hydrogen-bond acceptors (Lipinski definition) is 4. The second-order valence-electron chi connectivity index (χ2n) is 5.57. The normalized spacial score (nSPS) is 17.8. The van der Waals surface area contributed by atoms with Crippen molar-refractivity contribution in [1.29, 1.82) is 0 Å². The van der Waals surface area contributed by atoms with Crippen molar-refractivity contribution in [3.8, 4) is 0 Å². The summed E-state index contributed by atoms with van der Waals surface area (Å²) in [6, 6.07) is 6.41. The van der Waals surface area contributed by atoms with Crippen molar-refractivity contribution in [2.45, 2.75) is 12.2 Å². The molecule has 10 heteroatoms. The minimum atomic E-state index is -4.60. The summed E-state index contributed by atoms with van der Waals surface area (Å²) in [5.74, 6) is -0.506. The van der Waals surface area contributed by atoms with E-state index in [0.717, 1.165) is 12.1 Å². The molecule has 1 atom stereocenters. The molecule has 1 aliphatic rings. The van der Waals surface area contributed by atoms with Crippen LogP contribution in [-0.2, 0) is 10.9 Å². The average Bonchev–Trinajstić information content (AvgIpc) is 2.62. The molecule has 0 aliphatic carbocycles. The van der Waals surface area contributed by atoms with Crippen molar-refractivity contribution < 1.29 is 27.1 Å². The lowest BCUT2D eigenvalue weighted by Gasteiger charge is -2.35. The Morgan fingerprint density at radius 1 is 1.15 bits per heavy atom. The summed E-state index contributed by atoms with van der Waals surface area (Å²) in [7, 11) is 0. The van der Waals surface area contributed by atoms with Gasteiger partial charge in [-0.3, -0.25) is 5.32 Å². The minimum Gasteiger partial charge on any atom is -0.377 e. The number of nitrogens with one attached hydrogen (secondary N) is 1. The monoisotopic (exact) mass is 370 g/mol. The summed E-state index contributed by atoms with van der Waals surface area (Å²) >= 11 is 0. The number of amides is 2. The molecule has 0 spiro atoms. The van der Waals surface area contributed by atoms with E-state index in [2.05, 4.69) is 15.5 Å². The Bertz CT molecular complexity index is 765. The standard InChI is InChI=1S/C16H14F4N4O2/c17-11-3-1-10(2-4-11)12-9-26-8-7-24(12)15(25)21-14-6-5-13(22-23-14)16(18,19)20/h1-6,12H,7-9H2,(H,21,23,25). The Morgan fingerprint density at radius 3 is 2.50 bits per heavy atom. The van der Waals surface area contributed by atoms with Crippen LogP contribution >= 0.6 is 0 Å². The first-order valence-electron chi connectivity index (χ1n) is 7.66. The van der Waals surface area contributed by atoms with E-state index in [4.69, 9.17) is 4.74 Å². The van der Waals surface area contributed by atoms with Gasteiger partial charge in [-0.15, -0.1) is 10.2 Å². The van der Waals surface area contributed by atoms with Crippen LogP contribution < -0.4 is 5.32 Å². The van der Waals surface area contributed by atoms with E-state index in [1.807, 2.05) is 0 Å². The largest absolute Gasteiger partial charge is 0.435 e. The van der Waals surface area contributed by atoms with Gasteiger partial charge in [-0.25, -0.2) is 9.18 Å². The van der Waals surface area contributed by atoms with Gasteiger partial charge in [-0.1, -0.05) is 12.1 Å². The SMILES string of the molecule is O=C(Nc1ccc(C(F)(F)F)nn1)N1CCOCC1c1ccc(F)cc1. The number of aromatic nitrogens is 2. The highest BCUT2D eigenvalue weighted by Gasteiger charge is 2.33. The zero-order valence-electron chi connectivity index (χ0n) is 13.3. The van der Waals surface area contributed by atoms with Gasteiger partial charge in [0, 0.05) is 6.54 Å². The predicted octanol–water partition coefficient (Wildman–Crippen LogP) is 3.24. The van der Waals surface area contributed by atoms with E-state index >= 15 is 0 Å². The number of anilines is 1. The Kier molecular flexibility index (Phi) is 5.03. The molecule has 2 amide bonds. The topological polar surface area (TPSA) is 67.4 Å². The van der Waals surface area contributed by atoms with E-state index < -0.39 is 29.8 Å². The minimum absolute atomic E-state index is 0.104. The van der Waals surface area contributed by atoms with Crippen LogP contribution in [0.15, 0.2) is 36.4 Å². The van der Waals surface area contributed by atoms with Crippen LogP contribution in [0.5, 0.6) is 0 Å². The van der Waals surface area contributed by atoms with Crippen LogP contribution in [0.3, 0.4) is 0 Å². The molecule has 1 fully saturated rings. The van der Waals surface area contributed by atoms with Gasteiger partial charge in [0.25, 0.3) is 0 Å². The first-order chi connectivity index (χ1) is 12.3. The molecule has 1 aromatic heterocycles. The summed E-state index contributed by atoms with van der Waals surface area (Å²) in [6.45, 7) is 0.795. The first-order valence-corrected chi connectivity index (χ1v) is 7.66. The second-order valence-corrected chi connectivity index (χ2v) is 5.57. The van der Waals surface area contributed by atoms with E-state index in [9.17, 15) is 22.4 Å². The summed E-state index contributed by atoms with van der Waals surface area (Å²) in [4.78, 5) is 13.9. The molecule has 1 saturated heterocycles. The van der Waals surface area contributed by atoms with Gasteiger partial charge in [0.2, 0.25) is 0 Å². The van der Waals surface area contributed by atoms with Crippen molar-refractivity contribution in [1.82, 2.24) is 15.1 Å². The molecule has 6 nitrogen and oxygen atoms in total. The summed E-state index contributed by atoms with van der Waals surface area (Å²) < 4.78 is 56.0.